The molecule has 1 aliphatic heterocycles. The van der Waals surface area contributed by atoms with E-state index in [1.165, 1.54) is 5.56 Å². The van der Waals surface area contributed by atoms with E-state index in [2.05, 4.69) is 15.6 Å². The number of benzene rings is 1. The van der Waals surface area contributed by atoms with Gasteiger partial charge in [-0.05, 0) is 51.3 Å². The van der Waals surface area contributed by atoms with Crippen LogP contribution in [0.25, 0.3) is 0 Å². The van der Waals surface area contributed by atoms with Crippen LogP contribution >= 0.6 is 0 Å². The number of likely N-dealkylation sites (tertiary alicyclic amines) is 1. The van der Waals surface area contributed by atoms with Gasteiger partial charge in [-0.15, -0.1) is 0 Å². The van der Waals surface area contributed by atoms with Crippen molar-refractivity contribution in [2.45, 2.75) is 39.7 Å². The number of carbonyl (C=O) groups excluding carboxylic acids is 1. The van der Waals surface area contributed by atoms with E-state index in [0.717, 1.165) is 31.1 Å². The molecule has 1 aromatic rings. The Hall–Kier alpha value is -2.44. The first-order chi connectivity index (χ1) is 13.1. The van der Waals surface area contributed by atoms with Gasteiger partial charge in [0.25, 0.3) is 0 Å². The maximum absolute atomic E-state index is 11.8. The predicted octanol–water partition coefficient (Wildman–Crippen LogP) is 2.55. The standard InChI is InChI=1S/C20H32N4O3/c1-4-21-19(22-11-14-27-18-8-6-7-16(3)15-18)23-17-9-12-24(13-10-17)20(25)26-5-2/h6-8,15,17H,4-5,9-14H2,1-3H3,(H2,21,22,23). The van der Waals surface area contributed by atoms with Crippen LogP contribution in [0.3, 0.4) is 0 Å². The zero-order valence-corrected chi connectivity index (χ0v) is 16.7. The van der Waals surface area contributed by atoms with Crippen molar-refractivity contribution in [3.63, 3.8) is 0 Å². The topological polar surface area (TPSA) is 75.2 Å². The number of guanidine groups is 1. The zero-order chi connectivity index (χ0) is 19.5. The number of hydrogen-bond acceptors (Lipinski definition) is 4. The van der Waals surface area contributed by atoms with Crippen molar-refractivity contribution >= 4 is 12.1 Å². The van der Waals surface area contributed by atoms with Gasteiger partial charge in [0.2, 0.25) is 0 Å². The number of piperidine rings is 1. The summed E-state index contributed by atoms with van der Waals surface area (Å²) in [6.07, 6.45) is 1.54. The van der Waals surface area contributed by atoms with Gasteiger partial charge in [-0.1, -0.05) is 12.1 Å². The van der Waals surface area contributed by atoms with Gasteiger partial charge in [-0.3, -0.25) is 0 Å². The summed E-state index contributed by atoms with van der Waals surface area (Å²) in [6, 6.07) is 8.31. The van der Waals surface area contributed by atoms with Crippen LogP contribution in [0.5, 0.6) is 5.75 Å². The molecule has 1 aromatic carbocycles. The molecule has 1 saturated heterocycles. The number of ether oxygens (including phenoxy) is 2. The minimum Gasteiger partial charge on any atom is -0.492 e. The normalized spacial score (nSPS) is 15.4. The SMILES string of the molecule is CCNC(=NCCOc1cccc(C)c1)NC1CCN(C(=O)OCC)CC1. The second kappa shape index (κ2) is 11.3. The zero-order valence-electron chi connectivity index (χ0n) is 16.7. The molecule has 0 aromatic heterocycles. The Labute approximate surface area is 162 Å². The average Bonchev–Trinajstić information content (AvgIpc) is 2.66. The average molecular weight is 377 g/mol. The Bertz CT molecular complexity index is 613. The van der Waals surface area contributed by atoms with Crippen LogP contribution in [0.2, 0.25) is 0 Å². The number of nitrogens with zero attached hydrogens (tertiary/aromatic N) is 2. The highest BCUT2D eigenvalue weighted by Gasteiger charge is 2.23. The van der Waals surface area contributed by atoms with E-state index in [-0.39, 0.29) is 6.09 Å². The van der Waals surface area contributed by atoms with Crippen molar-refractivity contribution in [3.8, 4) is 5.75 Å². The number of hydrogen-bond donors (Lipinski definition) is 2. The summed E-state index contributed by atoms with van der Waals surface area (Å²) >= 11 is 0. The molecule has 2 N–H and O–H groups in total. The first-order valence-electron chi connectivity index (χ1n) is 9.78. The van der Waals surface area contributed by atoms with Gasteiger partial charge >= 0.3 is 6.09 Å². The quantitative estimate of drug-likeness (QED) is 0.435. The van der Waals surface area contributed by atoms with Gasteiger partial charge in [0.1, 0.15) is 12.4 Å². The second-order valence-electron chi connectivity index (χ2n) is 6.53. The van der Waals surface area contributed by atoms with Crippen molar-refractivity contribution < 1.29 is 14.3 Å². The molecule has 7 nitrogen and oxygen atoms in total. The van der Waals surface area contributed by atoms with Crippen LogP contribution < -0.4 is 15.4 Å². The van der Waals surface area contributed by atoms with Crippen molar-refractivity contribution in [2.75, 3.05) is 39.4 Å². The second-order valence-corrected chi connectivity index (χ2v) is 6.53. The molecule has 1 heterocycles. The molecule has 27 heavy (non-hydrogen) atoms. The molecular formula is C20H32N4O3. The summed E-state index contributed by atoms with van der Waals surface area (Å²) < 4.78 is 10.8. The summed E-state index contributed by atoms with van der Waals surface area (Å²) in [4.78, 5) is 18.1. The summed E-state index contributed by atoms with van der Waals surface area (Å²) in [7, 11) is 0. The molecule has 2 rings (SSSR count). The molecule has 1 amide bonds. The first kappa shape index (κ1) is 20.9. The van der Waals surface area contributed by atoms with E-state index in [1.807, 2.05) is 45.0 Å². The maximum Gasteiger partial charge on any atom is 0.409 e. The molecule has 0 bridgehead atoms. The number of nitrogens with one attached hydrogen (secondary N) is 2. The molecule has 0 radical (unpaired) electrons. The Balaban J connectivity index is 1.76. The highest BCUT2D eigenvalue weighted by Crippen LogP contribution is 2.12. The van der Waals surface area contributed by atoms with E-state index in [4.69, 9.17) is 9.47 Å². The van der Waals surface area contributed by atoms with Crippen LogP contribution in [0, 0.1) is 6.92 Å². The van der Waals surface area contributed by atoms with Crippen LogP contribution in [0.1, 0.15) is 32.3 Å². The van der Waals surface area contributed by atoms with E-state index in [1.54, 1.807) is 4.90 Å². The van der Waals surface area contributed by atoms with Crippen LogP contribution in [-0.4, -0.2) is 62.4 Å². The van der Waals surface area contributed by atoms with E-state index in [9.17, 15) is 4.79 Å². The number of rotatable bonds is 7. The fourth-order valence-electron chi connectivity index (χ4n) is 2.96. The van der Waals surface area contributed by atoms with Gasteiger partial charge in [0.05, 0.1) is 13.2 Å². The van der Waals surface area contributed by atoms with Gasteiger partial charge < -0.3 is 25.0 Å². The number of amides is 1. The molecular weight excluding hydrogens is 344 g/mol. The lowest BCUT2D eigenvalue weighted by Crippen LogP contribution is -2.50. The Morgan fingerprint density at radius 3 is 2.74 bits per heavy atom. The highest BCUT2D eigenvalue weighted by molar-refractivity contribution is 5.80. The van der Waals surface area contributed by atoms with Crippen molar-refractivity contribution in [1.82, 2.24) is 15.5 Å². The predicted molar refractivity (Wildman–Crippen MR) is 107 cm³/mol. The molecule has 0 spiro atoms. The lowest BCUT2D eigenvalue weighted by molar-refractivity contribution is 0.0963. The molecule has 7 heteroatoms. The smallest absolute Gasteiger partial charge is 0.409 e. The summed E-state index contributed by atoms with van der Waals surface area (Å²) in [6.45, 7) is 9.64. The van der Waals surface area contributed by atoms with Crippen molar-refractivity contribution in [2.24, 2.45) is 4.99 Å². The molecule has 1 fully saturated rings. The third-order valence-electron chi connectivity index (χ3n) is 4.33. The lowest BCUT2D eigenvalue weighted by atomic mass is 10.1. The summed E-state index contributed by atoms with van der Waals surface area (Å²) in [5.41, 5.74) is 1.18. The minimum absolute atomic E-state index is 0.218. The number of aliphatic imine (C=N–C) groups is 1. The van der Waals surface area contributed by atoms with E-state index < -0.39 is 0 Å². The van der Waals surface area contributed by atoms with Gasteiger partial charge in [0.15, 0.2) is 5.96 Å². The van der Waals surface area contributed by atoms with Gasteiger partial charge in [0, 0.05) is 25.7 Å². The highest BCUT2D eigenvalue weighted by atomic mass is 16.6. The number of aryl methyl sites for hydroxylation is 1. The number of carbonyl (C=O) groups is 1. The Morgan fingerprint density at radius 2 is 2.07 bits per heavy atom. The molecule has 0 saturated carbocycles. The molecule has 150 valence electrons. The van der Waals surface area contributed by atoms with Crippen LogP contribution in [0.4, 0.5) is 4.79 Å². The van der Waals surface area contributed by atoms with Crippen LogP contribution in [0.15, 0.2) is 29.3 Å². The summed E-state index contributed by atoms with van der Waals surface area (Å²) in [5.74, 6) is 1.66. The molecule has 1 aliphatic rings. The van der Waals surface area contributed by atoms with Gasteiger partial charge in [-0.25, -0.2) is 9.79 Å². The van der Waals surface area contributed by atoms with Crippen molar-refractivity contribution in [1.29, 1.82) is 0 Å². The molecule has 0 unspecified atom stereocenters. The van der Waals surface area contributed by atoms with Gasteiger partial charge in [-0.2, -0.15) is 0 Å². The first-order valence-corrected chi connectivity index (χ1v) is 9.78. The van der Waals surface area contributed by atoms with E-state index >= 15 is 0 Å². The molecule has 0 aliphatic carbocycles. The largest absolute Gasteiger partial charge is 0.492 e. The fraction of sp³-hybridized carbons (Fsp3) is 0.600. The lowest BCUT2D eigenvalue weighted by Gasteiger charge is -2.32. The van der Waals surface area contributed by atoms with Crippen LogP contribution in [-0.2, 0) is 4.74 Å². The Kier molecular flexibility index (Phi) is 8.74. The third-order valence-corrected chi connectivity index (χ3v) is 4.33. The molecule has 0 atom stereocenters. The summed E-state index contributed by atoms with van der Waals surface area (Å²) in [5, 5.41) is 6.73. The maximum atomic E-state index is 11.8. The monoisotopic (exact) mass is 376 g/mol. The van der Waals surface area contributed by atoms with Crippen molar-refractivity contribution in [3.05, 3.63) is 29.8 Å². The fourth-order valence-corrected chi connectivity index (χ4v) is 2.96. The van der Waals surface area contributed by atoms with E-state index in [0.29, 0.717) is 38.9 Å². The third kappa shape index (κ3) is 7.37. The minimum atomic E-state index is -0.218. The Morgan fingerprint density at radius 1 is 1.30 bits per heavy atom.